The highest BCUT2D eigenvalue weighted by atomic mass is 32.2. The molecule has 23 heavy (non-hydrogen) atoms. The van der Waals surface area contributed by atoms with Crippen LogP contribution in [0.15, 0.2) is 12.3 Å². The second-order valence-electron chi connectivity index (χ2n) is 6.54. The molecule has 2 aliphatic rings. The van der Waals surface area contributed by atoms with Gasteiger partial charge in [0.25, 0.3) is 0 Å². The maximum absolute atomic E-state index is 11.5. The number of aryl methyl sites for hydroxylation is 1. The van der Waals surface area contributed by atoms with Crippen LogP contribution >= 0.6 is 0 Å². The molecule has 7 nitrogen and oxygen atoms in total. The summed E-state index contributed by atoms with van der Waals surface area (Å²) < 4.78 is 36.0. The lowest BCUT2D eigenvalue weighted by atomic mass is 9.80. The Morgan fingerprint density at radius 2 is 2.26 bits per heavy atom. The van der Waals surface area contributed by atoms with Crippen molar-refractivity contribution in [2.75, 3.05) is 32.6 Å². The van der Waals surface area contributed by atoms with Crippen LogP contribution < -0.4 is 4.74 Å². The smallest absolute Gasteiger partial charge is 0.316 e. The Morgan fingerprint density at radius 1 is 1.48 bits per heavy atom. The van der Waals surface area contributed by atoms with E-state index in [-0.39, 0.29) is 5.60 Å². The molecule has 3 heterocycles. The lowest BCUT2D eigenvalue weighted by Gasteiger charge is -2.52. The normalized spacial score (nSPS) is 24.3. The van der Waals surface area contributed by atoms with Gasteiger partial charge in [-0.2, -0.15) is 4.31 Å². The molecule has 1 unspecified atom stereocenters. The van der Waals surface area contributed by atoms with Crippen molar-refractivity contribution in [3.63, 3.8) is 0 Å². The van der Waals surface area contributed by atoms with E-state index >= 15 is 0 Å². The van der Waals surface area contributed by atoms with Gasteiger partial charge >= 0.3 is 6.01 Å². The van der Waals surface area contributed by atoms with Crippen LogP contribution in [0.2, 0.25) is 0 Å². The van der Waals surface area contributed by atoms with Gasteiger partial charge in [0.15, 0.2) is 0 Å². The molecule has 0 aliphatic carbocycles. The number of aromatic nitrogens is 2. The highest BCUT2D eigenvalue weighted by Gasteiger charge is 2.50. The average Bonchev–Trinajstić information content (AvgIpc) is 2.44. The van der Waals surface area contributed by atoms with E-state index in [2.05, 4.69) is 9.97 Å². The van der Waals surface area contributed by atoms with Gasteiger partial charge < -0.3 is 9.47 Å². The lowest BCUT2D eigenvalue weighted by Crippen LogP contribution is -2.66. The summed E-state index contributed by atoms with van der Waals surface area (Å²) in [7, 11) is -3.10. The molecule has 0 aromatic carbocycles. The number of ether oxygens (including phenoxy) is 2. The molecular formula is C15H23N3O4S. The largest absolute Gasteiger partial charge is 0.463 e. The van der Waals surface area contributed by atoms with Gasteiger partial charge in [-0.15, -0.1) is 0 Å². The molecule has 0 bridgehead atoms. The highest BCUT2D eigenvalue weighted by molar-refractivity contribution is 7.88. The average molecular weight is 341 g/mol. The molecule has 0 amide bonds. The lowest BCUT2D eigenvalue weighted by molar-refractivity contribution is -0.156. The zero-order valence-electron chi connectivity index (χ0n) is 13.6. The summed E-state index contributed by atoms with van der Waals surface area (Å²) in [4.78, 5) is 8.30. The van der Waals surface area contributed by atoms with Crippen molar-refractivity contribution in [1.29, 1.82) is 0 Å². The molecule has 0 radical (unpaired) electrons. The van der Waals surface area contributed by atoms with E-state index in [4.69, 9.17) is 9.47 Å². The van der Waals surface area contributed by atoms with Gasteiger partial charge in [-0.3, -0.25) is 0 Å². The summed E-state index contributed by atoms with van der Waals surface area (Å²) in [6.45, 7) is 4.11. The number of sulfonamides is 1. The van der Waals surface area contributed by atoms with Crippen LogP contribution in [0, 0.1) is 12.8 Å². The summed E-state index contributed by atoms with van der Waals surface area (Å²) in [5, 5.41) is 0. The SMILES string of the molecule is Cc1ccnc(OCCC2CCOC3(C2)CN(S(C)(=O)=O)C3)n1. The van der Waals surface area contributed by atoms with Gasteiger partial charge in [0.05, 0.1) is 18.5 Å². The van der Waals surface area contributed by atoms with E-state index in [1.807, 2.05) is 13.0 Å². The van der Waals surface area contributed by atoms with Gasteiger partial charge in [0.1, 0.15) is 0 Å². The quantitative estimate of drug-likeness (QED) is 0.794. The van der Waals surface area contributed by atoms with Crippen molar-refractivity contribution in [2.24, 2.45) is 5.92 Å². The van der Waals surface area contributed by atoms with Crippen molar-refractivity contribution in [3.05, 3.63) is 18.0 Å². The Bertz CT molecular complexity index is 658. The molecule has 1 atom stereocenters. The standard InChI is InChI=1S/C15H23N3O4S/c1-12-3-6-16-14(17-12)21-7-4-13-5-8-22-15(9-13)10-18(11-15)23(2,19)20/h3,6,13H,4-5,7-11H2,1-2H3. The van der Waals surface area contributed by atoms with Crippen molar-refractivity contribution in [1.82, 2.24) is 14.3 Å². The Hall–Kier alpha value is -1.25. The first-order chi connectivity index (χ1) is 10.9. The third-order valence-electron chi connectivity index (χ3n) is 4.52. The molecule has 128 valence electrons. The Morgan fingerprint density at radius 3 is 2.96 bits per heavy atom. The minimum atomic E-state index is -3.10. The molecule has 1 aromatic rings. The van der Waals surface area contributed by atoms with Crippen LogP contribution in [0.3, 0.4) is 0 Å². The zero-order valence-corrected chi connectivity index (χ0v) is 14.4. The second kappa shape index (κ2) is 6.33. The van der Waals surface area contributed by atoms with Crippen molar-refractivity contribution < 1.29 is 17.9 Å². The van der Waals surface area contributed by atoms with Crippen LogP contribution in [-0.2, 0) is 14.8 Å². The number of hydrogen-bond acceptors (Lipinski definition) is 6. The fourth-order valence-electron chi connectivity index (χ4n) is 3.24. The van der Waals surface area contributed by atoms with Crippen molar-refractivity contribution in [3.8, 4) is 6.01 Å². The molecule has 2 saturated heterocycles. The molecule has 8 heteroatoms. The number of hydrogen-bond donors (Lipinski definition) is 0. The fourth-order valence-corrected chi connectivity index (χ4v) is 4.18. The van der Waals surface area contributed by atoms with Crippen LogP contribution in [-0.4, -0.2) is 60.9 Å². The van der Waals surface area contributed by atoms with E-state index in [0.717, 1.165) is 25.0 Å². The van der Waals surface area contributed by atoms with E-state index in [1.54, 1.807) is 6.20 Å². The van der Waals surface area contributed by atoms with Crippen molar-refractivity contribution >= 4 is 10.0 Å². The maximum Gasteiger partial charge on any atom is 0.316 e. The highest BCUT2D eigenvalue weighted by Crippen LogP contribution is 2.38. The van der Waals surface area contributed by atoms with E-state index < -0.39 is 10.0 Å². The first-order valence-electron chi connectivity index (χ1n) is 7.88. The summed E-state index contributed by atoms with van der Waals surface area (Å²) in [5.41, 5.74) is 0.599. The van der Waals surface area contributed by atoms with Crippen LogP contribution in [0.5, 0.6) is 6.01 Å². The topological polar surface area (TPSA) is 81.6 Å². The Labute approximate surface area is 137 Å². The first-order valence-corrected chi connectivity index (χ1v) is 9.73. The number of rotatable bonds is 5. The van der Waals surface area contributed by atoms with Crippen molar-refractivity contribution in [2.45, 2.75) is 31.8 Å². The predicted molar refractivity (Wildman–Crippen MR) is 84.7 cm³/mol. The molecule has 0 saturated carbocycles. The molecule has 0 N–H and O–H groups in total. The minimum Gasteiger partial charge on any atom is -0.463 e. The third-order valence-corrected chi connectivity index (χ3v) is 5.72. The van der Waals surface area contributed by atoms with Gasteiger partial charge in [-0.25, -0.2) is 18.4 Å². The third kappa shape index (κ3) is 3.99. The molecule has 1 spiro atoms. The molecule has 2 fully saturated rings. The summed E-state index contributed by atoms with van der Waals surface area (Å²) in [6.07, 6.45) is 5.71. The maximum atomic E-state index is 11.5. The van der Waals surface area contributed by atoms with Crippen LogP contribution in [0.4, 0.5) is 0 Å². The predicted octanol–water partition coefficient (Wildman–Crippen LogP) is 0.995. The Balaban J connectivity index is 1.47. The van der Waals surface area contributed by atoms with Gasteiger partial charge in [-0.05, 0) is 38.2 Å². The van der Waals surface area contributed by atoms with Gasteiger partial charge in [0, 0.05) is 31.6 Å². The molecule has 2 aliphatic heterocycles. The van der Waals surface area contributed by atoms with E-state index in [0.29, 0.717) is 38.2 Å². The summed E-state index contributed by atoms with van der Waals surface area (Å²) in [6, 6.07) is 2.25. The van der Waals surface area contributed by atoms with Gasteiger partial charge in [-0.1, -0.05) is 0 Å². The number of nitrogens with zero attached hydrogens (tertiary/aromatic N) is 3. The summed E-state index contributed by atoms with van der Waals surface area (Å²) >= 11 is 0. The van der Waals surface area contributed by atoms with E-state index in [9.17, 15) is 8.42 Å². The Kier molecular flexibility index (Phi) is 4.57. The monoisotopic (exact) mass is 341 g/mol. The zero-order chi connectivity index (χ0) is 16.5. The fraction of sp³-hybridized carbons (Fsp3) is 0.733. The second-order valence-corrected chi connectivity index (χ2v) is 8.52. The van der Waals surface area contributed by atoms with E-state index in [1.165, 1.54) is 10.6 Å². The summed E-state index contributed by atoms with van der Waals surface area (Å²) in [5.74, 6) is 0.482. The molecular weight excluding hydrogens is 318 g/mol. The van der Waals surface area contributed by atoms with Crippen LogP contribution in [0.1, 0.15) is 25.0 Å². The molecule has 3 rings (SSSR count). The minimum absolute atomic E-state index is 0.286. The first kappa shape index (κ1) is 16.6. The van der Waals surface area contributed by atoms with Crippen LogP contribution in [0.25, 0.3) is 0 Å². The van der Waals surface area contributed by atoms with Gasteiger partial charge in [0.2, 0.25) is 10.0 Å². The molecule has 1 aromatic heterocycles.